The molecule has 0 spiro atoms. The summed E-state index contributed by atoms with van der Waals surface area (Å²) in [6, 6.07) is 0. The van der Waals surface area contributed by atoms with Crippen molar-refractivity contribution in [3.05, 3.63) is 5.69 Å². The second kappa shape index (κ2) is 7.97. The van der Waals surface area contributed by atoms with Gasteiger partial charge in [-0.25, -0.2) is 0 Å². The van der Waals surface area contributed by atoms with Gasteiger partial charge in [0.1, 0.15) is 5.82 Å². The standard InChI is InChI=1S/C13H26N4O/c1-4-7-11-12(14)13(17(3)16-11)15-8-6-10-18-9-5-2/h15H,4-10,14H2,1-3H3. The normalized spacial score (nSPS) is 10.8. The van der Waals surface area contributed by atoms with E-state index in [9.17, 15) is 0 Å². The van der Waals surface area contributed by atoms with Gasteiger partial charge in [0, 0.05) is 26.8 Å². The zero-order valence-electron chi connectivity index (χ0n) is 11.8. The number of hydrogen-bond donors (Lipinski definition) is 2. The van der Waals surface area contributed by atoms with Gasteiger partial charge in [0.05, 0.1) is 11.4 Å². The second-order valence-electron chi connectivity index (χ2n) is 4.48. The highest BCUT2D eigenvalue weighted by atomic mass is 16.5. The average Bonchev–Trinajstić information content (AvgIpc) is 2.61. The summed E-state index contributed by atoms with van der Waals surface area (Å²) in [6.07, 6.45) is 4.04. The highest BCUT2D eigenvalue weighted by Gasteiger charge is 2.11. The molecule has 0 atom stereocenters. The van der Waals surface area contributed by atoms with Crippen LogP contribution in [-0.2, 0) is 18.2 Å². The van der Waals surface area contributed by atoms with Crippen LogP contribution < -0.4 is 11.1 Å². The van der Waals surface area contributed by atoms with E-state index in [2.05, 4.69) is 24.3 Å². The van der Waals surface area contributed by atoms with Gasteiger partial charge in [0.15, 0.2) is 0 Å². The lowest BCUT2D eigenvalue weighted by atomic mass is 10.2. The Morgan fingerprint density at radius 2 is 2.06 bits per heavy atom. The van der Waals surface area contributed by atoms with Crippen molar-refractivity contribution in [2.24, 2.45) is 7.05 Å². The molecule has 0 aliphatic heterocycles. The van der Waals surface area contributed by atoms with Crippen molar-refractivity contribution in [2.45, 2.75) is 39.5 Å². The molecule has 1 aromatic heterocycles. The van der Waals surface area contributed by atoms with Crippen LogP contribution in [0.25, 0.3) is 0 Å². The van der Waals surface area contributed by atoms with Crippen LogP contribution in [-0.4, -0.2) is 29.5 Å². The smallest absolute Gasteiger partial charge is 0.147 e. The molecule has 0 aromatic carbocycles. The molecule has 0 radical (unpaired) electrons. The van der Waals surface area contributed by atoms with Crippen molar-refractivity contribution in [3.63, 3.8) is 0 Å². The summed E-state index contributed by atoms with van der Waals surface area (Å²) in [5.41, 5.74) is 7.85. The summed E-state index contributed by atoms with van der Waals surface area (Å²) in [5, 5.41) is 7.76. The van der Waals surface area contributed by atoms with E-state index in [4.69, 9.17) is 10.5 Å². The fourth-order valence-electron chi connectivity index (χ4n) is 1.85. The maximum atomic E-state index is 6.08. The molecule has 104 valence electrons. The van der Waals surface area contributed by atoms with Crippen LogP contribution in [0.4, 0.5) is 11.5 Å². The average molecular weight is 254 g/mol. The van der Waals surface area contributed by atoms with Crippen molar-refractivity contribution in [2.75, 3.05) is 30.8 Å². The van der Waals surface area contributed by atoms with Gasteiger partial charge >= 0.3 is 0 Å². The highest BCUT2D eigenvalue weighted by molar-refractivity contribution is 5.64. The van der Waals surface area contributed by atoms with Gasteiger partial charge < -0.3 is 15.8 Å². The van der Waals surface area contributed by atoms with E-state index in [0.29, 0.717) is 0 Å². The number of nitrogen functional groups attached to an aromatic ring is 1. The topological polar surface area (TPSA) is 65.1 Å². The zero-order valence-corrected chi connectivity index (χ0v) is 11.8. The molecule has 0 aliphatic rings. The quantitative estimate of drug-likeness (QED) is 0.663. The number of hydrogen-bond acceptors (Lipinski definition) is 4. The Morgan fingerprint density at radius 3 is 2.72 bits per heavy atom. The summed E-state index contributed by atoms with van der Waals surface area (Å²) >= 11 is 0. The Balaban J connectivity index is 2.37. The van der Waals surface area contributed by atoms with Crippen LogP contribution in [0.15, 0.2) is 0 Å². The van der Waals surface area contributed by atoms with Gasteiger partial charge in [-0.1, -0.05) is 20.3 Å². The highest BCUT2D eigenvalue weighted by Crippen LogP contribution is 2.22. The number of aryl methyl sites for hydroxylation is 2. The predicted octanol–water partition coefficient (Wildman–Crippen LogP) is 2.18. The van der Waals surface area contributed by atoms with E-state index in [0.717, 1.165) is 62.6 Å². The Bertz CT molecular complexity index is 349. The fraction of sp³-hybridized carbons (Fsp3) is 0.769. The van der Waals surface area contributed by atoms with Crippen LogP contribution in [0, 0.1) is 0 Å². The maximum Gasteiger partial charge on any atom is 0.147 e. The van der Waals surface area contributed by atoms with E-state index < -0.39 is 0 Å². The SMILES string of the molecule is CCCOCCCNc1c(N)c(CCC)nn1C. The van der Waals surface area contributed by atoms with Crippen molar-refractivity contribution in [1.82, 2.24) is 9.78 Å². The van der Waals surface area contributed by atoms with Crippen molar-refractivity contribution >= 4 is 11.5 Å². The largest absolute Gasteiger partial charge is 0.394 e. The number of anilines is 2. The number of rotatable bonds is 9. The third kappa shape index (κ3) is 4.22. The Kier molecular flexibility index (Phi) is 6.57. The molecule has 1 heterocycles. The van der Waals surface area contributed by atoms with Crippen LogP contribution >= 0.6 is 0 Å². The van der Waals surface area contributed by atoms with Crippen molar-refractivity contribution in [3.8, 4) is 0 Å². The van der Waals surface area contributed by atoms with Crippen LogP contribution in [0.2, 0.25) is 0 Å². The van der Waals surface area contributed by atoms with Gasteiger partial charge in [0.2, 0.25) is 0 Å². The first kappa shape index (κ1) is 14.8. The van der Waals surface area contributed by atoms with Crippen molar-refractivity contribution < 1.29 is 4.74 Å². The van der Waals surface area contributed by atoms with E-state index in [-0.39, 0.29) is 0 Å². The monoisotopic (exact) mass is 254 g/mol. The molecule has 0 aliphatic carbocycles. The number of aromatic nitrogens is 2. The maximum absolute atomic E-state index is 6.08. The minimum absolute atomic E-state index is 0.786. The molecule has 5 nitrogen and oxygen atoms in total. The van der Waals surface area contributed by atoms with Crippen molar-refractivity contribution in [1.29, 1.82) is 0 Å². The second-order valence-corrected chi connectivity index (χ2v) is 4.48. The molecule has 1 aromatic rings. The lowest BCUT2D eigenvalue weighted by molar-refractivity contribution is 0.134. The zero-order chi connectivity index (χ0) is 13.4. The van der Waals surface area contributed by atoms with Crippen LogP contribution in [0.1, 0.15) is 38.8 Å². The van der Waals surface area contributed by atoms with E-state index in [1.54, 1.807) is 0 Å². The predicted molar refractivity (Wildman–Crippen MR) is 75.8 cm³/mol. The summed E-state index contributed by atoms with van der Waals surface area (Å²) in [6.45, 7) is 6.74. The Hall–Kier alpha value is -1.23. The Labute approximate surface area is 110 Å². The van der Waals surface area contributed by atoms with Crippen LogP contribution in [0.3, 0.4) is 0 Å². The molecule has 0 bridgehead atoms. The molecule has 1 rings (SSSR count). The molecule has 18 heavy (non-hydrogen) atoms. The molecule has 0 fully saturated rings. The van der Waals surface area contributed by atoms with Gasteiger partial charge in [0.25, 0.3) is 0 Å². The molecule has 3 N–H and O–H groups in total. The molecule has 0 saturated carbocycles. The first-order chi connectivity index (χ1) is 8.70. The summed E-state index contributed by atoms with van der Waals surface area (Å²) in [5.74, 6) is 0.925. The number of ether oxygens (including phenoxy) is 1. The molecular weight excluding hydrogens is 228 g/mol. The molecular formula is C13H26N4O. The van der Waals surface area contributed by atoms with Gasteiger partial charge in [-0.05, 0) is 19.3 Å². The molecule has 5 heteroatoms. The van der Waals surface area contributed by atoms with Crippen LogP contribution in [0.5, 0.6) is 0 Å². The van der Waals surface area contributed by atoms with Gasteiger partial charge in [-0.3, -0.25) is 4.68 Å². The number of nitrogens with zero attached hydrogens (tertiary/aromatic N) is 2. The number of nitrogens with one attached hydrogen (secondary N) is 1. The minimum Gasteiger partial charge on any atom is -0.394 e. The first-order valence-electron chi connectivity index (χ1n) is 6.83. The van der Waals surface area contributed by atoms with E-state index in [1.807, 2.05) is 11.7 Å². The van der Waals surface area contributed by atoms with Gasteiger partial charge in [-0.2, -0.15) is 5.10 Å². The minimum atomic E-state index is 0.786. The lowest BCUT2D eigenvalue weighted by Crippen LogP contribution is -2.10. The van der Waals surface area contributed by atoms with Gasteiger partial charge in [-0.15, -0.1) is 0 Å². The molecule has 0 saturated heterocycles. The molecule has 0 amide bonds. The summed E-state index contributed by atoms with van der Waals surface area (Å²) in [7, 11) is 1.92. The Morgan fingerprint density at radius 1 is 1.28 bits per heavy atom. The summed E-state index contributed by atoms with van der Waals surface area (Å²) < 4.78 is 7.26. The first-order valence-corrected chi connectivity index (χ1v) is 6.83. The van der Waals surface area contributed by atoms with E-state index in [1.165, 1.54) is 0 Å². The number of nitrogens with two attached hydrogens (primary N) is 1. The van der Waals surface area contributed by atoms with E-state index >= 15 is 0 Å². The third-order valence-corrected chi connectivity index (χ3v) is 2.75. The lowest BCUT2D eigenvalue weighted by Gasteiger charge is -2.07. The third-order valence-electron chi connectivity index (χ3n) is 2.75. The molecule has 0 unspecified atom stereocenters. The fourth-order valence-corrected chi connectivity index (χ4v) is 1.85. The summed E-state index contributed by atoms with van der Waals surface area (Å²) in [4.78, 5) is 0.